The summed E-state index contributed by atoms with van der Waals surface area (Å²) >= 11 is 5.60. The Bertz CT molecular complexity index is 818. The van der Waals surface area contributed by atoms with Crippen LogP contribution in [0.25, 0.3) is 0 Å². The predicted octanol–water partition coefficient (Wildman–Crippen LogP) is 5.01. The van der Waals surface area contributed by atoms with Gasteiger partial charge in [-0.15, -0.1) is 0 Å². The summed E-state index contributed by atoms with van der Waals surface area (Å²) in [4.78, 5) is 0.735. The Kier molecular flexibility index (Phi) is 4.14. The van der Waals surface area contributed by atoms with Gasteiger partial charge in [0.25, 0.3) is 0 Å². The summed E-state index contributed by atoms with van der Waals surface area (Å²) in [7, 11) is 0. The predicted molar refractivity (Wildman–Crippen MR) is 112 cm³/mol. The van der Waals surface area contributed by atoms with E-state index in [1.807, 2.05) is 0 Å². The molecule has 0 radical (unpaired) electrons. The van der Waals surface area contributed by atoms with E-state index in [9.17, 15) is 0 Å². The van der Waals surface area contributed by atoms with Crippen molar-refractivity contribution >= 4 is 17.2 Å². The molecule has 2 atom stereocenters. The minimum atomic E-state index is 0.0314. The standard InChI is InChI=1S/C24H27NOS/c25-22(27)24-13-18-11-23(16-24,20-9-5-2-6-10-20)12-19(14-24)21(18)26-15-17-7-3-1-4-8-17/h1-10,18-19,21H,11-16H2,(H2,25,27). The molecule has 0 aromatic heterocycles. The van der Waals surface area contributed by atoms with Gasteiger partial charge in [-0.2, -0.15) is 0 Å². The summed E-state index contributed by atoms with van der Waals surface area (Å²) in [6.45, 7) is 0.705. The summed E-state index contributed by atoms with van der Waals surface area (Å²) in [6.07, 6.45) is 6.08. The number of rotatable bonds is 5. The monoisotopic (exact) mass is 377 g/mol. The van der Waals surface area contributed by atoms with E-state index in [1.54, 1.807) is 0 Å². The second-order valence-electron chi connectivity index (χ2n) is 9.07. The van der Waals surface area contributed by atoms with Crippen LogP contribution in [0.15, 0.2) is 60.7 Å². The number of hydrogen-bond acceptors (Lipinski definition) is 2. The fraction of sp³-hybridized carbons (Fsp3) is 0.458. The maximum Gasteiger partial charge on any atom is 0.0790 e. The third-order valence-electron chi connectivity index (χ3n) is 7.41. The van der Waals surface area contributed by atoms with Crippen molar-refractivity contribution in [1.82, 2.24) is 0 Å². The Hall–Kier alpha value is -1.71. The minimum absolute atomic E-state index is 0.0314. The van der Waals surface area contributed by atoms with Gasteiger partial charge in [-0.25, -0.2) is 0 Å². The van der Waals surface area contributed by atoms with Gasteiger partial charge in [0.1, 0.15) is 0 Å². The lowest BCUT2D eigenvalue weighted by Gasteiger charge is -2.64. The molecule has 4 aliphatic carbocycles. The Morgan fingerprint density at radius 2 is 1.52 bits per heavy atom. The molecule has 4 saturated carbocycles. The zero-order chi connectivity index (χ0) is 18.5. The number of thiocarbonyl (C=S) groups is 1. The van der Waals surface area contributed by atoms with Gasteiger partial charge in [0.2, 0.25) is 0 Å². The highest BCUT2D eigenvalue weighted by atomic mass is 32.1. The quantitative estimate of drug-likeness (QED) is 0.744. The van der Waals surface area contributed by atoms with E-state index in [1.165, 1.54) is 24.0 Å². The first kappa shape index (κ1) is 17.4. The van der Waals surface area contributed by atoms with Crippen molar-refractivity contribution in [2.45, 2.75) is 50.2 Å². The highest BCUT2D eigenvalue weighted by Gasteiger charge is 2.62. The molecule has 3 heteroatoms. The lowest BCUT2D eigenvalue weighted by molar-refractivity contribution is -0.155. The molecule has 0 aliphatic heterocycles. The topological polar surface area (TPSA) is 35.2 Å². The molecule has 0 heterocycles. The van der Waals surface area contributed by atoms with E-state index in [0.29, 0.717) is 24.5 Å². The smallest absolute Gasteiger partial charge is 0.0790 e. The molecule has 140 valence electrons. The molecule has 4 fully saturated rings. The first-order chi connectivity index (χ1) is 13.1. The molecule has 4 bridgehead atoms. The molecule has 0 spiro atoms. The number of benzene rings is 2. The highest BCUT2D eigenvalue weighted by molar-refractivity contribution is 7.80. The summed E-state index contributed by atoms with van der Waals surface area (Å²) in [5, 5.41) is 0. The van der Waals surface area contributed by atoms with Crippen LogP contribution in [0.2, 0.25) is 0 Å². The van der Waals surface area contributed by atoms with Crippen LogP contribution in [0.1, 0.15) is 43.2 Å². The molecular formula is C24H27NOS. The highest BCUT2D eigenvalue weighted by Crippen LogP contribution is 2.66. The second kappa shape index (κ2) is 6.42. The molecule has 2 unspecified atom stereocenters. The normalized spacial score (nSPS) is 36.7. The molecule has 6 rings (SSSR count). The zero-order valence-electron chi connectivity index (χ0n) is 15.6. The van der Waals surface area contributed by atoms with Gasteiger partial charge in [0, 0.05) is 5.41 Å². The average Bonchev–Trinajstić information content (AvgIpc) is 2.68. The molecule has 2 nitrogen and oxygen atoms in total. The van der Waals surface area contributed by atoms with E-state index >= 15 is 0 Å². The molecule has 0 saturated heterocycles. The van der Waals surface area contributed by atoms with E-state index in [0.717, 1.165) is 24.3 Å². The van der Waals surface area contributed by atoms with E-state index in [2.05, 4.69) is 60.7 Å². The molecule has 2 N–H and O–H groups in total. The Morgan fingerprint density at radius 1 is 0.926 bits per heavy atom. The van der Waals surface area contributed by atoms with Crippen LogP contribution in [-0.2, 0) is 16.8 Å². The molecule has 0 amide bonds. The maximum absolute atomic E-state index is 6.53. The van der Waals surface area contributed by atoms with Crippen molar-refractivity contribution in [2.75, 3.05) is 0 Å². The van der Waals surface area contributed by atoms with Gasteiger partial charge >= 0.3 is 0 Å². The van der Waals surface area contributed by atoms with Gasteiger partial charge in [0.15, 0.2) is 0 Å². The van der Waals surface area contributed by atoms with Crippen LogP contribution in [0, 0.1) is 17.3 Å². The largest absolute Gasteiger partial charge is 0.393 e. The average molecular weight is 378 g/mol. The van der Waals surface area contributed by atoms with Crippen molar-refractivity contribution in [2.24, 2.45) is 23.0 Å². The van der Waals surface area contributed by atoms with Crippen LogP contribution in [-0.4, -0.2) is 11.1 Å². The lowest BCUT2D eigenvalue weighted by atomic mass is 9.42. The summed E-state index contributed by atoms with van der Waals surface area (Å²) < 4.78 is 6.53. The van der Waals surface area contributed by atoms with Crippen LogP contribution >= 0.6 is 12.2 Å². The molecule has 2 aromatic carbocycles. The molecule has 27 heavy (non-hydrogen) atoms. The maximum atomic E-state index is 6.53. The van der Waals surface area contributed by atoms with Gasteiger partial charge in [0.05, 0.1) is 17.7 Å². The van der Waals surface area contributed by atoms with Crippen LogP contribution < -0.4 is 5.73 Å². The third kappa shape index (κ3) is 2.83. The Balaban J connectivity index is 1.44. The Labute approximate surface area is 167 Å². The number of hydrogen-bond donors (Lipinski definition) is 1. The minimum Gasteiger partial charge on any atom is -0.393 e. The molecular weight excluding hydrogens is 350 g/mol. The van der Waals surface area contributed by atoms with Crippen molar-refractivity contribution in [3.8, 4) is 0 Å². The summed E-state index contributed by atoms with van der Waals surface area (Å²) in [5.41, 5.74) is 9.32. The molecule has 2 aromatic rings. The lowest BCUT2D eigenvalue weighted by Crippen LogP contribution is -2.63. The first-order valence-corrected chi connectivity index (χ1v) is 10.5. The van der Waals surface area contributed by atoms with Crippen molar-refractivity contribution in [1.29, 1.82) is 0 Å². The van der Waals surface area contributed by atoms with Gasteiger partial charge in [-0.1, -0.05) is 72.9 Å². The summed E-state index contributed by atoms with van der Waals surface area (Å²) in [6, 6.07) is 21.6. The van der Waals surface area contributed by atoms with Crippen molar-refractivity contribution < 1.29 is 4.74 Å². The third-order valence-corrected chi connectivity index (χ3v) is 7.84. The van der Waals surface area contributed by atoms with Gasteiger partial charge < -0.3 is 10.5 Å². The van der Waals surface area contributed by atoms with Crippen LogP contribution in [0.5, 0.6) is 0 Å². The fourth-order valence-corrected chi connectivity index (χ4v) is 6.80. The van der Waals surface area contributed by atoms with Crippen molar-refractivity contribution in [3.63, 3.8) is 0 Å². The van der Waals surface area contributed by atoms with E-state index in [4.69, 9.17) is 22.7 Å². The zero-order valence-corrected chi connectivity index (χ0v) is 16.5. The molecule has 4 aliphatic rings. The number of ether oxygens (including phenoxy) is 1. The van der Waals surface area contributed by atoms with E-state index < -0.39 is 0 Å². The van der Waals surface area contributed by atoms with Gasteiger partial charge in [-0.05, 0) is 60.5 Å². The van der Waals surface area contributed by atoms with Gasteiger partial charge in [-0.3, -0.25) is 0 Å². The number of nitrogens with two attached hydrogens (primary N) is 1. The first-order valence-electron chi connectivity index (χ1n) is 10.1. The summed E-state index contributed by atoms with van der Waals surface area (Å²) in [5.74, 6) is 1.10. The van der Waals surface area contributed by atoms with Crippen molar-refractivity contribution in [3.05, 3.63) is 71.8 Å². The van der Waals surface area contributed by atoms with E-state index in [-0.39, 0.29) is 10.8 Å². The van der Waals surface area contributed by atoms with Crippen LogP contribution in [0.4, 0.5) is 0 Å². The fourth-order valence-electron chi connectivity index (χ4n) is 6.56. The SMILES string of the molecule is NC(=S)C12CC3CC(c4ccccc4)(CC(C1)C3OCc1ccccc1)C2. The second-order valence-corrected chi connectivity index (χ2v) is 9.51. The van der Waals surface area contributed by atoms with Crippen LogP contribution in [0.3, 0.4) is 0 Å². The Morgan fingerprint density at radius 3 is 2.11 bits per heavy atom.